The van der Waals surface area contributed by atoms with Crippen molar-refractivity contribution in [3.63, 3.8) is 0 Å². The lowest BCUT2D eigenvalue weighted by Crippen LogP contribution is -2.29. The van der Waals surface area contributed by atoms with Gasteiger partial charge in [0.1, 0.15) is 0 Å². The average Bonchev–Trinajstić information content (AvgIpc) is 2.70. The van der Waals surface area contributed by atoms with Crippen LogP contribution in [-0.4, -0.2) is 33.8 Å². The summed E-state index contributed by atoms with van der Waals surface area (Å²) in [6.45, 7) is 0.476. The first kappa shape index (κ1) is 12.6. The lowest BCUT2D eigenvalue weighted by Gasteiger charge is -2.10. The van der Waals surface area contributed by atoms with Gasteiger partial charge in [-0.2, -0.15) is 0 Å². The molecule has 1 amide bonds. The number of amides is 1. The van der Waals surface area contributed by atoms with Crippen LogP contribution in [0, 0.1) is 5.92 Å². The zero-order chi connectivity index (χ0) is 13.1. The number of hydrogen-bond donors (Lipinski definition) is 4. The van der Waals surface area contributed by atoms with E-state index in [0.717, 1.165) is 18.9 Å². The van der Waals surface area contributed by atoms with Crippen LogP contribution < -0.4 is 10.9 Å². The van der Waals surface area contributed by atoms with Gasteiger partial charge in [0, 0.05) is 18.7 Å². The van der Waals surface area contributed by atoms with Crippen molar-refractivity contribution in [2.24, 2.45) is 5.92 Å². The molecular formula is C12H16N2O4. The molecule has 0 aliphatic heterocycles. The smallest absolute Gasteiger partial charge is 0.251 e. The molecule has 2 atom stereocenters. The van der Waals surface area contributed by atoms with Gasteiger partial charge in [0.05, 0.1) is 11.7 Å². The molecule has 1 fully saturated rings. The van der Waals surface area contributed by atoms with Crippen molar-refractivity contribution in [2.45, 2.75) is 25.4 Å². The highest BCUT2D eigenvalue weighted by Crippen LogP contribution is 2.24. The SMILES string of the molecule is O=C(NCC1CCC(O)C1)c1cc(O)[nH]c(=O)c1. The van der Waals surface area contributed by atoms with E-state index in [1.807, 2.05) is 0 Å². The molecule has 98 valence electrons. The number of aromatic nitrogens is 1. The molecule has 0 spiro atoms. The first-order valence-electron chi connectivity index (χ1n) is 5.94. The molecule has 6 heteroatoms. The van der Waals surface area contributed by atoms with Crippen LogP contribution >= 0.6 is 0 Å². The summed E-state index contributed by atoms with van der Waals surface area (Å²) in [7, 11) is 0. The first-order chi connectivity index (χ1) is 8.54. The van der Waals surface area contributed by atoms with Crippen LogP contribution in [0.2, 0.25) is 0 Å². The Morgan fingerprint density at radius 3 is 2.83 bits per heavy atom. The van der Waals surface area contributed by atoms with Crippen LogP contribution in [-0.2, 0) is 0 Å². The van der Waals surface area contributed by atoms with Crippen LogP contribution in [0.3, 0.4) is 0 Å². The normalized spacial score (nSPS) is 22.9. The number of aliphatic hydroxyl groups excluding tert-OH is 1. The lowest BCUT2D eigenvalue weighted by molar-refractivity contribution is 0.0944. The van der Waals surface area contributed by atoms with E-state index in [4.69, 9.17) is 0 Å². The van der Waals surface area contributed by atoms with Gasteiger partial charge in [-0.15, -0.1) is 0 Å². The van der Waals surface area contributed by atoms with Gasteiger partial charge in [-0.3, -0.25) is 14.6 Å². The van der Waals surface area contributed by atoms with Gasteiger partial charge in [0.25, 0.3) is 11.5 Å². The molecule has 1 aromatic heterocycles. The third kappa shape index (κ3) is 3.10. The molecule has 0 radical (unpaired) electrons. The summed E-state index contributed by atoms with van der Waals surface area (Å²) in [6.07, 6.45) is 2.09. The van der Waals surface area contributed by atoms with E-state index >= 15 is 0 Å². The second-order valence-electron chi connectivity index (χ2n) is 4.66. The third-order valence-electron chi connectivity index (χ3n) is 3.16. The highest BCUT2D eigenvalue weighted by atomic mass is 16.3. The number of rotatable bonds is 3. The Hall–Kier alpha value is -1.82. The molecule has 2 unspecified atom stereocenters. The molecule has 1 aromatic rings. The highest BCUT2D eigenvalue weighted by molar-refractivity contribution is 5.94. The van der Waals surface area contributed by atoms with Crippen LogP contribution in [0.15, 0.2) is 16.9 Å². The molecule has 4 N–H and O–H groups in total. The van der Waals surface area contributed by atoms with E-state index in [1.54, 1.807) is 0 Å². The maximum absolute atomic E-state index is 11.7. The van der Waals surface area contributed by atoms with Crippen LogP contribution in [0.1, 0.15) is 29.6 Å². The molecule has 1 aliphatic carbocycles. The largest absolute Gasteiger partial charge is 0.494 e. The van der Waals surface area contributed by atoms with Gasteiger partial charge < -0.3 is 15.5 Å². The molecule has 0 bridgehead atoms. The van der Waals surface area contributed by atoms with Crippen molar-refractivity contribution in [1.82, 2.24) is 10.3 Å². The zero-order valence-corrected chi connectivity index (χ0v) is 9.85. The number of aromatic hydroxyl groups is 1. The summed E-state index contributed by atoms with van der Waals surface area (Å²) in [6, 6.07) is 2.35. The highest BCUT2D eigenvalue weighted by Gasteiger charge is 2.23. The quantitative estimate of drug-likeness (QED) is 0.606. The molecule has 6 nitrogen and oxygen atoms in total. The van der Waals surface area contributed by atoms with Crippen molar-refractivity contribution < 1.29 is 15.0 Å². The average molecular weight is 252 g/mol. The maximum atomic E-state index is 11.7. The number of hydrogen-bond acceptors (Lipinski definition) is 4. The number of carbonyl (C=O) groups is 1. The zero-order valence-electron chi connectivity index (χ0n) is 9.85. The van der Waals surface area contributed by atoms with Gasteiger partial charge in [-0.1, -0.05) is 0 Å². The Labute approximate surface area is 104 Å². The number of pyridine rings is 1. The molecule has 2 rings (SSSR count). The van der Waals surface area contributed by atoms with E-state index < -0.39 is 11.5 Å². The fourth-order valence-electron chi connectivity index (χ4n) is 2.23. The minimum absolute atomic E-state index is 0.134. The third-order valence-corrected chi connectivity index (χ3v) is 3.16. The number of nitrogens with one attached hydrogen (secondary N) is 2. The summed E-state index contributed by atoms with van der Waals surface area (Å²) in [5.74, 6) is -0.443. The fourth-order valence-corrected chi connectivity index (χ4v) is 2.23. The van der Waals surface area contributed by atoms with Crippen molar-refractivity contribution in [1.29, 1.82) is 0 Å². The summed E-state index contributed by atoms with van der Waals surface area (Å²) >= 11 is 0. The van der Waals surface area contributed by atoms with E-state index in [2.05, 4.69) is 10.3 Å². The van der Waals surface area contributed by atoms with Crippen molar-refractivity contribution in [3.8, 4) is 5.88 Å². The lowest BCUT2D eigenvalue weighted by atomic mass is 10.1. The summed E-state index contributed by atoms with van der Waals surface area (Å²) in [4.78, 5) is 25.0. The minimum Gasteiger partial charge on any atom is -0.494 e. The summed E-state index contributed by atoms with van der Waals surface area (Å²) < 4.78 is 0. The van der Waals surface area contributed by atoms with Gasteiger partial charge in [0.2, 0.25) is 0 Å². The molecule has 1 saturated carbocycles. The topological polar surface area (TPSA) is 102 Å². The van der Waals surface area contributed by atoms with Crippen LogP contribution in [0.25, 0.3) is 0 Å². The Bertz CT molecular complexity index is 497. The molecule has 1 aliphatic rings. The standard InChI is InChI=1S/C12H16N2O4/c15-9-2-1-7(3-9)6-13-12(18)8-4-10(16)14-11(17)5-8/h4-5,7,9,15H,1-3,6H2,(H,13,18)(H2,14,16,17). The number of carbonyl (C=O) groups excluding carboxylic acids is 1. The van der Waals surface area contributed by atoms with Gasteiger partial charge >= 0.3 is 0 Å². The Morgan fingerprint density at radius 1 is 1.44 bits per heavy atom. The van der Waals surface area contributed by atoms with Gasteiger partial charge in [-0.25, -0.2) is 0 Å². The monoisotopic (exact) mass is 252 g/mol. The van der Waals surface area contributed by atoms with E-state index in [9.17, 15) is 19.8 Å². The minimum atomic E-state index is -0.517. The predicted molar refractivity (Wildman–Crippen MR) is 64.4 cm³/mol. The summed E-state index contributed by atoms with van der Waals surface area (Å²) in [5.41, 5.74) is -0.383. The van der Waals surface area contributed by atoms with Crippen LogP contribution in [0.5, 0.6) is 5.88 Å². The van der Waals surface area contributed by atoms with E-state index in [1.165, 1.54) is 6.07 Å². The van der Waals surface area contributed by atoms with Crippen molar-refractivity contribution >= 4 is 5.91 Å². The van der Waals surface area contributed by atoms with Crippen molar-refractivity contribution in [3.05, 3.63) is 28.0 Å². The fraction of sp³-hybridized carbons (Fsp3) is 0.500. The Morgan fingerprint density at radius 2 is 2.22 bits per heavy atom. The second-order valence-corrected chi connectivity index (χ2v) is 4.66. The van der Waals surface area contributed by atoms with E-state index in [-0.39, 0.29) is 23.5 Å². The van der Waals surface area contributed by atoms with Crippen LogP contribution in [0.4, 0.5) is 0 Å². The number of H-pyrrole nitrogens is 1. The Balaban J connectivity index is 1.93. The number of aromatic amines is 1. The first-order valence-corrected chi connectivity index (χ1v) is 5.94. The molecular weight excluding hydrogens is 236 g/mol. The van der Waals surface area contributed by atoms with E-state index in [0.29, 0.717) is 13.0 Å². The Kier molecular flexibility index (Phi) is 3.66. The molecule has 18 heavy (non-hydrogen) atoms. The predicted octanol–water partition coefficient (Wildman–Crippen LogP) is -0.0287. The molecule has 0 saturated heterocycles. The van der Waals surface area contributed by atoms with Crippen molar-refractivity contribution in [2.75, 3.05) is 6.54 Å². The second kappa shape index (κ2) is 5.22. The number of aliphatic hydroxyl groups is 1. The summed E-state index contributed by atoms with van der Waals surface area (Å²) in [5, 5.41) is 21.3. The maximum Gasteiger partial charge on any atom is 0.251 e. The van der Waals surface area contributed by atoms with Gasteiger partial charge in [0.15, 0.2) is 5.88 Å². The van der Waals surface area contributed by atoms with Gasteiger partial charge in [-0.05, 0) is 25.2 Å². The molecule has 1 heterocycles. The molecule has 0 aromatic carbocycles.